The maximum Gasteiger partial charge on any atom is 0.236 e. The number of benzene rings is 1. The van der Waals surface area contributed by atoms with E-state index in [4.69, 9.17) is 11.6 Å². The van der Waals surface area contributed by atoms with Crippen LogP contribution in [0.5, 0.6) is 0 Å². The quantitative estimate of drug-likeness (QED) is 0.551. The number of carbonyl (C=O) groups is 2. The summed E-state index contributed by atoms with van der Waals surface area (Å²) >= 11 is 8.66. The number of rotatable bonds is 7. The van der Waals surface area contributed by atoms with Gasteiger partial charge in [-0.25, -0.2) is 4.98 Å². The van der Waals surface area contributed by atoms with Gasteiger partial charge in [0, 0.05) is 29.3 Å². The number of aromatic nitrogens is 4. The number of hydrogen-bond donors (Lipinski definition) is 2. The second-order valence-corrected chi connectivity index (χ2v) is 8.07. The Kier molecular flexibility index (Phi) is 6.65. The lowest BCUT2D eigenvalue weighted by atomic mass is 10.2. The number of thioether (sulfide) groups is 1. The van der Waals surface area contributed by atoms with E-state index < -0.39 is 0 Å². The molecule has 0 aliphatic rings. The summed E-state index contributed by atoms with van der Waals surface area (Å²) in [5.41, 5.74) is 1.56. The minimum Gasteiger partial charge on any atom is -0.326 e. The minimum absolute atomic E-state index is 0.0564. The van der Waals surface area contributed by atoms with Crippen molar-refractivity contribution >= 4 is 57.3 Å². The topological polar surface area (TPSA) is 102 Å². The molecule has 0 saturated heterocycles. The number of thiazole rings is 1. The standard InChI is InChI=1S/C17H17ClN6O2S2/c1-10-3-4-11(7-12(10)18)20-14(25)8-13-22-23-17(24(13)2)28-9-15(26)21-16-19-5-6-27-16/h3-7H,8-9H2,1-2H3,(H,20,25)(H,19,21,26). The third-order valence-corrected chi connectivity index (χ3v) is 5.83. The summed E-state index contributed by atoms with van der Waals surface area (Å²) in [6.45, 7) is 1.89. The first kappa shape index (κ1) is 20.3. The predicted octanol–water partition coefficient (Wildman–Crippen LogP) is 3.15. The highest BCUT2D eigenvalue weighted by Gasteiger charge is 2.15. The van der Waals surface area contributed by atoms with Crippen LogP contribution in [0.2, 0.25) is 5.02 Å². The maximum absolute atomic E-state index is 12.3. The number of hydrogen-bond acceptors (Lipinski definition) is 7. The first-order valence-electron chi connectivity index (χ1n) is 8.19. The van der Waals surface area contributed by atoms with Crippen LogP contribution in [-0.4, -0.2) is 37.3 Å². The van der Waals surface area contributed by atoms with Crippen LogP contribution in [0.15, 0.2) is 34.9 Å². The molecule has 0 aliphatic carbocycles. The number of carbonyl (C=O) groups excluding carboxylic acids is 2. The van der Waals surface area contributed by atoms with Crippen LogP contribution in [0.25, 0.3) is 0 Å². The Hall–Kier alpha value is -2.43. The molecule has 0 atom stereocenters. The fraction of sp³-hybridized carbons (Fsp3) is 0.235. The van der Waals surface area contributed by atoms with E-state index in [0.29, 0.717) is 26.8 Å². The van der Waals surface area contributed by atoms with E-state index in [-0.39, 0.29) is 24.0 Å². The monoisotopic (exact) mass is 436 g/mol. The number of halogens is 1. The van der Waals surface area contributed by atoms with Gasteiger partial charge in [0.05, 0.1) is 12.2 Å². The summed E-state index contributed by atoms with van der Waals surface area (Å²) < 4.78 is 1.70. The lowest BCUT2D eigenvalue weighted by molar-refractivity contribution is -0.116. The molecule has 2 amide bonds. The number of aryl methyl sites for hydroxylation is 1. The fourth-order valence-electron chi connectivity index (χ4n) is 2.21. The highest BCUT2D eigenvalue weighted by atomic mass is 35.5. The molecular formula is C17H17ClN6O2S2. The Morgan fingerprint density at radius 2 is 2.07 bits per heavy atom. The Bertz CT molecular complexity index is 990. The summed E-state index contributed by atoms with van der Waals surface area (Å²) in [6, 6.07) is 5.33. The summed E-state index contributed by atoms with van der Waals surface area (Å²) in [6.07, 6.45) is 1.68. The maximum atomic E-state index is 12.3. The Labute approximate surface area is 174 Å². The van der Waals surface area contributed by atoms with Gasteiger partial charge in [-0.15, -0.1) is 21.5 Å². The molecule has 0 radical (unpaired) electrons. The molecule has 1 aromatic carbocycles. The molecule has 0 bridgehead atoms. The van der Waals surface area contributed by atoms with Gasteiger partial charge in [0.25, 0.3) is 0 Å². The molecule has 2 heterocycles. The normalized spacial score (nSPS) is 10.7. The lowest BCUT2D eigenvalue weighted by Crippen LogP contribution is -2.17. The van der Waals surface area contributed by atoms with E-state index in [9.17, 15) is 9.59 Å². The summed E-state index contributed by atoms with van der Waals surface area (Å²) in [5, 5.41) is 17.1. The zero-order valence-electron chi connectivity index (χ0n) is 15.1. The van der Waals surface area contributed by atoms with Gasteiger partial charge >= 0.3 is 0 Å². The van der Waals surface area contributed by atoms with Gasteiger partial charge in [0.2, 0.25) is 11.8 Å². The third kappa shape index (κ3) is 5.31. The molecule has 3 rings (SSSR count). The largest absolute Gasteiger partial charge is 0.326 e. The molecule has 8 nitrogen and oxygen atoms in total. The van der Waals surface area contributed by atoms with Crippen LogP contribution in [0.4, 0.5) is 10.8 Å². The van der Waals surface area contributed by atoms with E-state index in [1.165, 1.54) is 23.1 Å². The van der Waals surface area contributed by atoms with Gasteiger partial charge < -0.3 is 15.2 Å². The van der Waals surface area contributed by atoms with Gasteiger partial charge in [-0.1, -0.05) is 29.4 Å². The number of nitrogens with one attached hydrogen (secondary N) is 2. The molecular weight excluding hydrogens is 420 g/mol. The first-order chi connectivity index (χ1) is 13.4. The Balaban J connectivity index is 1.54. The second-order valence-electron chi connectivity index (χ2n) is 5.82. The van der Waals surface area contributed by atoms with Crippen LogP contribution < -0.4 is 10.6 Å². The van der Waals surface area contributed by atoms with Crippen molar-refractivity contribution in [1.29, 1.82) is 0 Å². The zero-order chi connectivity index (χ0) is 20.1. The van der Waals surface area contributed by atoms with Crippen molar-refractivity contribution in [3.8, 4) is 0 Å². The first-order valence-corrected chi connectivity index (χ1v) is 10.4. The van der Waals surface area contributed by atoms with Crippen molar-refractivity contribution in [3.05, 3.63) is 46.2 Å². The van der Waals surface area contributed by atoms with Gasteiger partial charge in [-0.05, 0) is 24.6 Å². The Morgan fingerprint density at radius 1 is 1.25 bits per heavy atom. The van der Waals surface area contributed by atoms with Crippen LogP contribution >= 0.6 is 34.7 Å². The molecule has 0 saturated carbocycles. The molecule has 28 heavy (non-hydrogen) atoms. The molecule has 2 aromatic heterocycles. The van der Waals surface area contributed by atoms with Crippen molar-refractivity contribution in [3.63, 3.8) is 0 Å². The molecule has 0 aliphatic heterocycles. The van der Waals surface area contributed by atoms with E-state index in [1.54, 1.807) is 35.3 Å². The van der Waals surface area contributed by atoms with Gasteiger partial charge in [-0.3, -0.25) is 9.59 Å². The highest BCUT2D eigenvalue weighted by molar-refractivity contribution is 7.99. The van der Waals surface area contributed by atoms with Gasteiger partial charge in [0.1, 0.15) is 5.82 Å². The molecule has 0 unspecified atom stereocenters. The number of nitrogens with zero attached hydrogens (tertiary/aromatic N) is 4. The molecule has 0 fully saturated rings. The van der Waals surface area contributed by atoms with Crippen molar-refractivity contribution in [1.82, 2.24) is 19.7 Å². The van der Waals surface area contributed by atoms with Crippen LogP contribution in [0.1, 0.15) is 11.4 Å². The molecule has 2 N–H and O–H groups in total. The molecule has 146 valence electrons. The molecule has 11 heteroatoms. The third-order valence-electron chi connectivity index (χ3n) is 3.71. The highest BCUT2D eigenvalue weighted by Crippen LogP contribution is 2.21. The summed E-state index contributed by atoms with van der Waals surface area (Å²) in [7, 11) is 1.76. The zero-order valence-corrected chi connectivity index (χ0v) is 17.5. The second kappa shape index (κ2) is 9.18. The van der Waals surface area contributed by atoms with Gasteiger partial charge in [0.15, 0.2) is 10.3 Å². The van der Waals surface area contributed by atoms with Crippen molar-refractivity contribution < 1.29 is 9.59 Å². The van der Waals surface area contributed by atoms with E-state index in [0.717, 1.165) is 5.56 Å². The summed E-state index contributed by atoms with van der Waals surface area (Å²) in [5.74, 6) is 0.255. The Morgan fingerprint density at radius 3 is 2.79 bits per heavy atom. The van der Waals surface area contributed by atoms with E-state index >= 15 is 0 Å². The fourth-order valence-corrected chi connectivity index (χ4v) is 3.67. The van der Waals surface area contributed by atoms with Crippen molar-refractivity contribution in [2.45, 2.75) is 18.5 Å². The van der Waals surface area contributed by atoms with E-state index in [1.807, 2.05) is 13.0 Å². The minimum atomic E-state index is -0.228. The molecule has 3 aromatic rings. The van der Waals surface area contributed by atoms with Crippen molar-refractivity contribution in [2.75, 3.05) is 16.4 Å². The van der Waals surface area contributed by atoms with Gasteiger partial charge in [-0.2, -0.15) is 0 Å². The predicted molar refractivity (Wildman–Crippen MR) is 111 cm³/mol. The smallest absolute Gasteiger partial charge is 0.236 e. The van der Waals surface area contributed by atoms with E-state index in [2.05, 4.69) is 25.8 Å². The van der Waals surface area contributed by atoms with Crippen LogP contribution in [0.3, 0.4) is 0 Å². The average molecular weight is 437 g/mol. The summed E-state index contributed by atoms with van der Waals surface area (Å²) in [4.78, 5) is 28.2. The van der Waals surface area contributed by atoms with Crippen molar-refractivity contribution in [2.24, 2.45) is 7.05 Å². The van der Waals surface area contributed by atoms with Crippen LogP contribution in [-0.2, 0) is 23.1 Å². The number of anilines is 2. The molecule has 0 spiro atoms. The average Bonchev–Trinajstić information content (AvgIpc) is 3.27. The lowest BCUT2D eigenvalue weighted by Gasteiger charge is -2.07. The number of amides is 2. The van der Waals surface area contributed by atoms with Crippen LogP contribution in [0, 0.1) is 6.92 Å². The SMILES string of the molecule is Cc1ccc(NC(=O)Cc2nnc(SCC(=O)Nc3nccs3)n2C)cc1Cl.